The maximum absolute atomic E-state index is 11.7. The lowest BCUT2D eigenvalue weighted by atomic mass is 10.1. The summed E-state index contributed by atoms with van der Waals surface area (Å²) in [6, 6.07) is 3.31. The van der Waals surface area contributed by atoms with Gasteiger partial charge in [0.1, 0.15) is 0 Å². The average Bonchev–Trinajstić information content (AvgIpc) is 2.36. The van der Waals surface area contributed by atoms with E-state index in [0.29, 0.717) is 24.4 Å². The number of rotatable bonds is 6. The minimum atomic E-state index is -0.162. The van der Waals surface area contributed by atoms with Crippen LogP contribution in [0.3, 0.4) is 0 Å². The number of methoxy groups -OCH3 is 1. The van der Waals surface area contributed by atoms with Crippen molar-refractivity contribution in [2.75, 3.05) is 20.3 Å². The number of aromatic nitrogens is 1. The molecule has 1 heterocycles. The molecule has 0 saturated carbocycles. The Kier molecular flexibility index (Phi) is 5.42. The van der Waals surface area contributed by atoms with E-state index < -0.39 is 0 Å². The van der Waals surface area contributed by atoms with E-state index in [1.54, 1.807) is 12.1 Å². The highest BCUT2D eigenvalue weighted by molar-refractivity contribution is 5.93. The van der Waals surface area contributed by atoms with Crippen LogP contribution in [0.15, 0.2) is 18.3 Å². The maximum atomic E-state index is 11.7. The van der Waals surface area contributed by atoms with Crippen LogP contribution in [0, 0.1) is 5.92 Å². The van der Waals surface area contributed by atoms with Gasteiger partial charge in [0, 0.05) is 25.4 Å². The van der Waals surface area contributed by atoms with Gasteiger partial charge in [0.25, 0.3) is 5.91 Å². The molecule has 1 aromatic heterocycles. The number of pyridine rings is 1. The summed E-state index contributed by atoms with van der Waals surface area (Å²) in [7, 11) is 1.53. The fourth-order valence-corrected chi connectivity index (χ4v) is 1.33. The second kappa shape index (κ2) is 6.85. The zero-order valence-electron chi connectivity index (χ0n) is 10.1. The van der Waals surface area contributed by atoms with Gasteiger partial charge in [0.05, 0.1) is 12.7 Å². The van der Waals surface area contributed by atoms with E-state index in [1.165, 1.54) is 13.3 Å². The van der Waals surface area contributed by atoms with Crippen LogP contribution >= 0.6 is 0 Å². The van der Waals surface area contributed by atoms with Gasteiger partial charge in [0.15, 0.2) is 0 Å². The third-order valence-corrected chi connectivity index (χ3v) is 2.44. The molecule has 1 rings (SSSR count). The molecule has 0 aromatic carbocycles. The minimum Gasteiger partial charge on any atom is -0.481 e. The van der Waals surface area contributed by atoms with Crippen molar-refractivity contribution in [2.45, 2.75) is 13.3 Å². The van der Waals surface area contributed by atoms with E-state index in [-0.39, 0.29) is 18.4 Å². The van der Waals surface area contributed by atoms with Crippen LogP contribution in [-0.4, -0.2) is 36.3 Å². The molecule has 1 amide bonds. The van der Waals surface area contributed by atoms with Crippen molar-refractivity contribution in [1.29, 1.82) is 0 Å². The lowest BCUT2D eigenvalue weighted by molar-refractivity contribution is 0.0945. The molecule has 1 atom stereocenters. The first kappa shape index (κ1) is 13.4. The minimum absolute atomic E-state index is 0.140. The molecule has 0 aliphatic rings. The van der Waals surface area contributed by atoms with Crippen LogP contribution in [0.25, 0.3) is 0 Å². The molecule has 0 fully saturated rings. The summed E-state index contributed by atoms with van der Waals surface area (Å²) in [5.74, 6) is 0.579. The molecule has 0 spiro atoms. The number of nitrogens with zero attached hydrogens (tertiary/aromatic N) is 1. The summed E-state index contributed by atoms with van der Waals surface area (Å²) >= 11 is 0. The molecule has 2 N–H and O–H groups in total. The van der Waals surface area contributed by atoms with Crippen molar-refractivity contribution in [3.63, 3.8) is 0 Å². The Balaban J connectivity index is 2.46. The lowest BCUT2D eigenvalue weighted by Crippen LogP contribution is -2.28. The molecular formula is C12H18N2O3. The molecule has 0 radical (unpaired) electrons. The normalized spacial score (nSPS) is 11.9. The van der Waals surface area contributed by atoms with Crippen molar-refractivity contribution < 1.29 is 14.6 Å². The van der Waals surface area contributed by atoms with E-state index in [0.717, 1.165) is 0 Å². The van der Waals surface area contributed by atoms with Gasteiger partial charge in [-0.15, -0.1) is 0 Å². The average molecular weight is 238 g/mol. The Morgan fingerprint density at radius 2 is 2.35 bits per heavy atom. The second-order valence-electron chi connectivity index (χ2n) is 3.92. The van der Waals surface area contributed by atoms with Crippen molar-refractivity contribution in [2.24, 2.45) is 5.92 Å². The molecule has 17 heavy (non-hydrogen) atoms. The number of aliphatic hydroxyl groups is 1. The first-order chi connectivity index (χ1) is 8.17. The van der Waals surface area contributed by atoms with Crippen LogP contribution in [-0.2, 0) is 0 Å². The highest BCUT2D eigenvalue weighted by Gasteiger charge is 2.08. The summed E-state index contributed by atoms with van der Waals surface area (Å²) in [4.78, 5) is 15.7. The number of nitrogens with one attached hydrogen (secondary N) is 1. The highest BCUT2D eigenvalue weighted by Crippen LogP contribution is 2.06. The van der Waals surface area contributed by atoms with Gasteiger partial charge >= 0.3 is 0 Å². The van der Waals surface area contributed by atoms with Gasteiger partial charge in [-0.1, -0.05) is 6.92 Å². The van der Waals surface area contributed by atoms with Crippen molar-refractivity contribution in [1.82, 2.24) is 10.3 Å². The van der Waals surface area contributed by atoms with Crippen LogP contribution in [0.5, 0.6) is 5.88 Å². The number of aliphatic hydroxyl groups excluding tert-OH is 1. The molecule has 1 aromatic rings. The molecular weight excluding hydrogens is 220 g/mol. The predicted molar refractivity (Wildman–Crippen MR) is 64.0 cm³/mol. The quantitative estimate of drug-likeness (QED) is 0.770. The number of amides is 1. The zero-order chi connectivity index (χ0) is 12.7. The van der Waals surface area contributed by atoms with Crippen LogP contribution in [0.1, 0.15) is 23.7 Å². The second-order valence-corrected chi connectivity index (χ2v) is 3.92. The molecule has 1 unspecified atom stereocenters. The van der Waals surface area contributed by atoms with E-state index in [4.69, 9.17) is 9.84 Å². The number of hydrogen-bond donors (Lipinski definition) is 2. The van der Waals surface area contributed by atoms with Gasteiger partial charge in [-0.2, -0.15) is 0 Å². The fraction of sp³-hybridized carbons (Fsp3) is 0.500. The zero-order valence-corrected chi connectivity index (χ0v) is 10.1. The van der Waals surface area contributed by atoms with E-state index >= 15 is 0 Å². The van der Waals surface area contributed by atoms with Gasteiger partial charge in [-0.25, -0.2) is 4.98 Å². The number of hydrogen-bond acceptors (Lipinski definition) is 4. The number of ether oxygens (including phenoxy) is 1. The van der Waals surface area contributed by atoms with Crippen molar-refractivity contribution in [3.05, 3.63) is 23.9 Å². The first-order valence-electron chi connectivity index (χ1n) is 5.56. The van der Waals surface area contributed by atoms with Crippen LogP contribution < -0.4 is 10.1 Å². The molecule has 5 heteroatoms. The summed E-state index contributed by atoms with van der Waals surface area (Å²) in [5.41, 5.74) is 0.502. The van der Waals surface area contributed by atoms with Gasteiger partial charge in [-0.3, -0.25) is 4.79 Å². The Hall–Kier alpha value is -1.62. The van der Waals surface area contributed by atoms with Gasteiger partial charge in [-0.05, 0) is 18.4 Å². The molecule has 0 aliphatic carbocycles. The van der Waals surface area contributed by atoms with E-state index in [1.807, 2.05) is 6.92 Å². The molecule has 5 nitrogen and oxygen atoms in total. The van der Waals surface area contributed by atoms with E-state index in [2.05, 4.69) is 10.3 Å². The number of carbonyl (C=O) groups is 1. The summed E-state index contributed by atoms with van der Waals surface area (Å²) in [6.45, 7) is 2.66. The van der Waals surface area contributed by atoms with Crippen molar-refractivity contribution >= 4 is 5.91 Å². The topological polar surface area (TPSA) is 71.5 Å². The molecule has 94 valence electrons. The Morgan fingerprint density at radius 1 is 1.59 bits per heavy atom. The lowest BCUT2D eigenvalue weighted by Gasteiger charge is -2.11. The standard InChI is InChI=1S/C12H18N2O3/c1-9(5-6-15)7-14-12(16)10-3-4-11(17-2)13-8-10/h3-4,8-9,15H,5-7H2,1-2H3,(H,14,16). The Morgan fingerprint density at radius 3 is 2.88 bits per heavy atom. The molecule has 0 bridgehead atoms. The van der Waals surface area contributed by atoms with Crippen LogP contribution in [0.2, 0.25) is 0 Å². The van der Waals surface area contributed by atoms with Gasteiger partial charge in [0.2, 0.25) is 5.88 Å². The monoisotopic (exact) mass is 238 g/mol. The first-order valence-corrected chi connectivity index (χ1v) is 5.56. The maximum Gasteiger partial charge on any atom is 0.252 e. The number of carbonyl (C=O) groups excluding carboxylic acids is 1. The van der Waals surface area contributed by atoms with E-state index in [9.17, 15) is 4.79 Å². The third-order valence-electron chi connectivity index (χ3n) is 2.44. The Bertz CT molecular complexity index is 351. The van der Waals surface area contributed by atoms with Gasteiger partial charge < -0.3 is 15.2 Å². The largest absolute Gasteiger partial charge is 0.481 e. The summed E-state index contributed by atoms with van der Waals surface area (Å²) in [5, 5.41) is 11.5. The SMILES string of the molecule is COc1ccc(C(=O)NCC(C)CCO)cn1. The molecule has 0 aliphatic heterocycles. The summed E-state index contributed by atoms with van der Waals surface area (Å²) < 4.78 is 4.91. The smallest absolute Gasteiger partial charge is 0.252 e. The van der Waals surface area contributed by atoms with Crippen LogP contribution in [0.4, 0.5) is 0 Å². The fourth-order valence-electron chi connectivity index (χ4n) is 1.33. The Labute approximate surface area is 101 Å². The van der Waals surface area contributed by atoms with Crippen molar-refractivity contribution in [3.8, 4) is 5.88 Å². The summed E-state index contributed by atoms with van der Waals surface area (Å²) in [6.07, 6.45) is 2.16. The third kappa shape index (κ3) is 4.40. The predicted octanol–water partition coefficient (Wildman–Crippen LogP) is 0.838. The molecule has 0 saturated heterocycles. The highest BCUT2D eigenvalue weighted by atomic mass is 16.5.